The van der Waals surface area contributed by atoms with Gasteiger partial charge < -0.3 is 25.7 Å². The van der Waals surface area contributed by atoms with Crippen molar-refractivity contribution in [1.82, 2.24) is 20.6 Å². The first-order chi connectivity index (χ1) is 19.7. The van der Waals surface area contributed by atoms with Gasteiger partial charge in [0.1, 0.15) is 40.0 Å². The number of anilines is 2. The van der Waals surface area contributed by atoms with E-state index >= 15 is 0 Å². The van der Waals surface area contributed by atoms with Crippen molar-refractivity contribution in [3.05, 3.63) is 76.2 Å². The molecule has 1 aromatic heterocycles. The normalized spacial score (nSPS) is 17.2. The first-order valence-corrected chi connectivity index (χ1v) is 13.3. The number of aromatic amines is 1. The van der Waals surface area contributed by atoms with E-state index in [4.69, 9.17) is 16.3 Å². The van der Waals surface area contributed by atoms with Gasteiger partial charge in [-0.3, -0.25) is 14.9 Å². The Hall–Kier alpha value is -4.29. The summed E-state index contributed by atoms with van der Waals surface area (Å²) in [7, 11) is 0. The highest BCUT2D eigenvalue weighted by atomic mass is 35.5. The Morgan fingerprint density at radius 1 is 1.12 bits per heavy atom. The Kier molecular flexibility index (Phi) is 8.31. The lowest BCUT2D eigenvalue weighted by Gasteiger charge is -2.26. The maximum Gasteiger partial charge on any atom is 0.411 e. The van der Waals surface area contributed by atoms with Gasteiger partial charge in [0, 0.05) is 30.8 Å². The molecule has 41 heavy (non-hydrogen) atoms. The van der Waals surface area contributed by atoms with Gasteiger partial charge >= 0.3 is 6.09 Å². The Labute approximate surface area is 238 Å². The van der Waals surface area contributed by atoms with Gasteiger partial charge in [0.15, 0.2) is 0 Å². The van der Waals surface area contributed by atoms with Gasteiger partial charge in [-0.05, 0) is 55.7 Å². The maximum absolute atomic E-state index is 14.5. The van der Waals surface area contributed by atoms with Gasteiger partial charge in [0.05, 0.1) is 11.7 Å². The van der Waals surface area contributed by atoms with E-state index in [9.17, 15) is 23.2 Å². The highest BCUT2D eigenvalue weighted by Crippen LogP contribution is 2.36. The second-order valence-electron chi connectivity index (χ2n) is 9.78. The fourth-order valence-electron chi connectivity index (χ4n) is 4.45. The van der Waals surface area contributed by atoms with E-state index in [2.05, 4.69) is 31.2 Å². The SMILES string of the molecule is Cc1cc(F)c(C(=O)NC2CC=CCCC(=O)Nc3cc(NC(=O)OC4CNC4)ccc3-c3nc2[nH]c3Cl)c(F)c1. The molecule has 0 spiro atoms. The number of amides is 3. The van der Waals surface area contributed by atoms with Gasteiger partial charge in [-0.2, -0.15) is 0 Å². The number of imidazole rings is 1. The summed E-state index contributed by atoms with van der Waals surface area (Å²) in [6.07, 6.45) is 3.43. The molecule has 2 bridgehead atoms. The van der Waals surface area contributed by atoms with Gasteiger partial charge in [-0.1, -0.05) is 23.8 Å². The number of aromatic nitrogens is 2. The first kappa shape index (κ1) is 28.2. The van der Waals surface area contributed by atoms with Crippen LogP contribution in [0, 0.1) is 18.6 Å². The molecule has 1 fully saturated rings. The number of nitrogens with zero attached hydrogens (tertiary/aromatic N) is 1. The van der Waals surface area contributed by atoms with Crippen molar-refractivity contribution < 1.29 is 27.9 Å². The highest BCUT2D eigenvalue weighted by Gasteiger charge is 2.26. The third-order valence-electron chi connectivity index (χ3n) is 6.62. The van der Waals surface area contributed by atoms with Gasteiger partial charge in [0.2, 0.25) is 5.91 Å². The van der Waals surface area contributed by atoms with Crippen LogP contribution in [-0.2, 0) is 9.53 Å². The zero-order valence-electron chi connectivity index (χ0n) is 21.9. The number of benzene rings is 2. The molecule has 2 aromatic carbocycles. The molecule has 10 nitrogen and oxygen atoms in total. The van der Waals surface area contributed by atoms with Crippen molar-refractivity contribution in [2.45, 2.75) is 38.3 Å². The fraction of sp³-hybridized carbons (Fsp3) is 0.286. The monoisotopic (exact) mass is 584 g/mol. The molecule has 0 radical (unpaired) electrons. The van der Waals surface area contributed by atoms with Crippen LogP contribution < -0.4 is 21.3 Å². The average molecular weight is 585 g/mol. The fourth-order valence-corrected chi connectivity index (χ4v) is 4.69. The minimum absolute atomic E-state index is 0.112. The van der Waals surface area contributed by atoms with Crippen molar-refractivity contribution in [3.8, 4) is 11.3 Å². The summed E-state index contributed by atoms with van der Waals surface area (Å²) >= 11 is 6.53. The topological polar surface area (TPSA) is 137 Å². The lowest BCUT2D eigenvalue weighted by Crippen LogP contribution is -2.49. The summed E-state index contributed by atoms with van der Waals surface area (Å²) in [6, 6.07) is 6.14. The summed E-state index contributed by atoms with van der Waals surface area (Å²) < 4.78 is 34.3. The number of halogens is 3. The van der Waals surface area contributed by atoms with E-state index < -0.39 is 35.2 Å². The minimum atomic E-state index is -0.977. The summed E-state index contributed by atoms with van der Waals surface area (Å²) in [5.41, 5.74) is 1.07. The van der Waals surface area contributed by atoms with Crippen LogP contribution >= 0.6 is 11.6 Å². The largest absolute Gasteiger partial charge is 0.443 e. The number of rotatable bonds is 4. The first-order valence-electron chi connectivity index (χ1n) is 13.0. The summed E-state index contributed by atoms with van der Waals surface area (Å²) in [4.78, 5) is 45.5. The van der Waals surface area contributed by atoms with Gasteiger partial charge in [0.25, 0.3) is 5.91 Å². The molecule has 5 rings (SSSR count). The molecule has 2 aliphatic heterocycles. The number of hydrogen-bond donors (Lipinski definition) is 5. The van der Waals surface area contributed by atoms with Crippen LogP contribution in [-0.4, -0.2) is 47.1 Å². The van der Waals surface area contributed by atoms with Crippen LogP contribution in [0.3, 0.4) is 0 Å². The third-order valence-corrected chi connectivity index (χ3v) is 6.89. The number of carbonyl (C=O) groups excluding carboxylic acids is 3. The predicted molar refractivity (Wildman–Crippen MR) is 149 cm³/mol. The molecular weight excluding hydrogens is 558 g/mol. The van der Waals surface area contributed by atoms with Crippen LogP contribution in [0.4, 0.5) is 25.0 Å². The Morgan fingerprint density at radius 3 is 2.59 bits per heavy atom. The summed E-state index contributed by atoms with van der Waals surface area (Å²) in [6.45, 7) is 2.69. The minimum Gasteiger partial charge on any atom is -0.443 e. The zero-order valence-corrected chi connectivity index (χ0v) is 22.7. The van der Waals surface area contributed by atoms with E-state index in [0.29, 0.717) is 42.0 Å². The smallest absolute Gasteiger partial charge is 0.411 e. The van der Waals surface area contributed by atoms with Crippen molar-refractivity contribution in [2.24, 2.45) is 0 Å². The zero-order chi connectivity index (χ0) is 29.1. The highest BCUT2D eigenvalue weighted by molar-refractivity contribution is 6.32. The lowest BCUT2D eigenvalue weighted by atomic mass is 10.1. The molecule has 0 aliphatic carbocycles. The molecule has 0 saturated carbocycles. The molecule has 5 N–H and O–H groups in total. The average Bonchev–Trinajstić information content (AvgIpc) is 3.26. The van der Waals surface area contributed by atoms with E-state index in [-0.39, 0.29) is 41.5 Å². The van der Waals surface area contributed by atoms with E-state index in [0.717, 1.165) is 12.1 Å². The van der Waals surface area contributed by atoms with Crippen LogP contribution in [0.5, 0.6) is 0 Å². The number of fused-ring (bicyclic) bond motifs is 4. The standard InChI is InChI=1S/C28H27ClF2N6O4/c1-14-9-18(30)23(19(31)10-14)27(39)35-20-5-3-2-4-6-22(38)34-21-11-15(33-28(40)41-16-12-32-13-16)7-8-17(21)24-25(29)37-26(20)36-24/h2-3,7-11,16,20,32H,4-6,12-13H2,1H3,(H,33,40)(H,34,38)(H,35,39)(H,36,37). The molecule has 3 amide bonds. The van der Waals surface area contributed by atoms with Crippen LogP contribution in [0.15, 0.2) is 42.5 Å². The summed E-state index contributed by atoms with van der Waals surface area (Å²) in [5.74, 6) is -2.94. The molecule has 3 aromatic rings. The van der Waals surface area contributed by atoms with Crippen molar-refractivity contribution in [1.29, 1.82) is 0 Å². The number of H-pyrrole nitrogens is 1. The second-order valence-corrected chi connectivity index (χ2v) is 10.2. The summed E-state index contributed by atoms with van der Waals surface area (Å²) in [5, 5.41) is 11.3. The van der Waals surface area contributed by atoms with Crippen LogP contribution in [0.25, 0.3) is 11.3 Å². The van der Waals surface area contributed by atoms with Crippen molar-refractivity contribution in [2.75, 3.05) is 23.7 Å². The van der Waals surface area contributed by atoms with Gasteiger partial charge in [-0.15, -0.1) is 0 Å². The van der Waals surface area contributed by atoms with Crippen molar-refractivity contribution in [3.63, 3.8) is 0 Å². The molecule has 1 unspecified atom stereocenters. The Morgan fingerprint density at radius 2 is 1.88 bits per heavy atom. The van der Waals surface area contributed by atoms with E-state index in [1.165, 1.54) is 6.92 Å². The lowest BCUT2D eigenvalue weighted by molar-refractivity contribution is -0.116. The predicted octanol–water partition coefficient (Wildman–Crippen LogP) is 4.99. The molecule has 214 valence electrons. The number of carbonyl (C=O) groups is 3. The Bertz CT molecular complexity index is 1510. The molecule has 1 atom stereocenters. The Balaban J connectivity index is 1.46. The number of hydrogen-bond acceptors (Lipinski definition) is 6. The van der Waals surface area contributed by atoms with E-state index in [1.807, 2.05) is 0 Å². The molecule has 3 heterocycles. The third kappa shape index (κ3) is 6.55. The number of nitrogens with one attached hydrogen (secondary N) is 5. The second kappa shape index (κ2) is 12.1. The molecule has 13 heteroatoms. The van der Waals surface area contributed by atoms with Crippen LogP contribution in [0.1, 0.15) is 47.1 Å². The van der Waals surface area contributed by atoms with E-state index in [1.54, 1.807) is 30.4 Å². The maximum atomic E-state index is 14.5. The van der Waals surface area contributed by atoms with Gasteiger partial charge in [-0.25, -0.2) is 18.6 Å². The van der Waals surface area contributed by atoms with Crippen molar-refractivity contribution >= 4 is 40.9 Å². The number of aryl methyl sites for hydroxylation is 1. The number of ether oxygens (including phenoxy) is 1. The molecular formula is C28H27ClF2N6O4. The number of allylic oxidation sites excluding steroid dienone is 1. The quantitative estimate of drug-likeness (QED) is 0.274. The van der Waals surface area contributed by atoms with Crippen LogP contribution in [0.2, 0.25) is 5.15 Å². The molecule has 1 saturated heterocycles. The molecule has 2 aliphatic rings.